The Bertz CT molecular complexity index is 3420. The van der Waals surface area contributed by atoms with E-state index in [1.807, 2.05) is 0 Å². The standard InChI is InChI=1S/C62H46/c1-61(2)53-29-15-14-24-47(53)48-33-30-42(36-54(48)61)43-31-34-49-50-35-32-44(38-56(50)62(3,4)55(49)37-43)58-52-28-17-25-45(39-18-8-5-9-19-39)59(52)57(41-22-12-7-13-23-41)51-27-16-26-46(60(51)58)40-20-10-6-11-21-40/h5-38H,1-4H3. The first-order valence-corrected chi connectivity index (χ1v) is 22.0. The normalized spacial score (nSPS) is 14.1. The van der Waals surface area contributed by atoms with Gasteiger partial charge in [0.2, 0.25) is 0 Å². The molecule has 0 heterocycles. The van der Waals surface area contributed by atoms with Crippen molar-refractivity contribution in [2.24, 2.45) is 0 Å². The van der Waals surface area contributed by atoms with Gasteiger partial charge in [0.05, 0.1) is 0 Å². The fraction of sp³-hybridized carbons (Fsp3) is 0.0968. The third kappa shape index (κ3) is 5.33. The lowest BCUT2D eigenvalue weighted by molar-refractivity contribution is 0.659. The Morgan fingerprint density at radius 1 is 0.242 bits per heavy atom. The molecule has 12 rings (SSSR count). The minimum atomic E-state index is -0.212. The molecule has 0 heteroatoms. The van der Waals surface area contributed by atoms with Crippen LogP contribution in [0.25, 0.3) is 99.4 Å². The Kier molecular flexibility index (Phi) is 8.03. The maximum atomic E-state index is 2.53. The van der Waals surface area contributed by atoms with Crippen molar-refractivity contribution in [2.75, 3.05) is 0 Å². The summed E-state index contributed by atoms with van der Waals surface area (Å²) in [6.45, 7) is 9.58. The molecule has 0 N–H and O–H groups in total. The molecule has 0 aliphatic heterocycles. The number of fused-ring (bicyclic) bond motifs is 8. The summed E-state index contributed by atoms with van der Waals surface area (Å²) in [5.74, 6) is 0. The molecule has 294 valence electrons. The zero-order valence-electron chi connectivity index (χ0n) is 35.6. The van der Waals surface area contributed by atoms with Gasteiger partial charge in [-0.3, -0.25) is 0 Å². The molecule has 0 unspecified atom stereocenters. The van der Waals surface area contributed by atoms with Gasteiger partial charge in [0.15, 0.2) is 0 Å². The fourth-order valence-corrected chi connectivity index (χ4v) is 11.2. The van der Waals surface area contributed by atoms with E-state index < -0.39 is 0 Å². The summed E-state index contributed by atoms with van der Waals surface area (Å²) in [7, 11) is 0. The highest BCUT2D eigenvalue weighted by molar-refractivity contribution is 6.27. The van der Waals surface area contributed by atoms with Crippen LogP contribution in [0.15, 0.2) is 206 Å². The van der Waals surface area contributed by atoms with Gasteiger partial charge in [0.1, 0.15) is 0 Å². The smallest absolute Gasteiger partial charge is 0.0159 e. The summed E-state index contributed by atoms with van der Waals surface area (Å²) in [6.07, 6.45) is 0. The van der Waals surface area contributed by atoms with Crippen LogP contribution in [0, 0.1) is 0 Å². The number of benzene rings is 10. The molecule has 0 saturated heterocycles. The maximum absolute atomic E-state index is 2.53. The second-order valence-corrected chi connectivity index (χ2v) is 18.4. The molecule has 2 aliphatic carbocycles. The monoisotopic (exact) mass is 790 g/mol. The van der Waals surface area contributed by atoms with Crippen molar-refractivity contribution in [2.45, 2.75) is 38.5 Å². The van der Waals surface area contributed by atoms with Crippen molar-refractivity contribution in [1.29, 1.82) is 0 Å². The average molecular weight is 791 g/mol. The van der Waals surface area contributed by atoms with Crippen LogP contribution in [-0.2, 0) is 10.8 Å². The lowest BCUT2D eigenvalue weighted by Gasteiger charge is -2.25. The van der Waals surface area contributed by atoms with Crippen LogP contribution in [0.1, 0.15) is 49.9 Å². The van der Waals surface area contributed by atoms with Crippen LogP contribution in [0.2, 0.25) is 0 Å². The van der Waals surface area contributed by atoms with E-state index in [0.29, 0.717) is 0 Å². The van der Waals surface area contributed by atoms with Gasteiger partial charge in [-0.25, -0.2) is 0 Å². The molecule has 62 heavy (non-hydrogen) atoms. The molecule has 0 bridgehead atoms. The van der Waals surface area contributed by atoms with Crippen LogP contribution < -0.4 is 0 Å². The highest BCUT2D eigenvalue weighted by Crippen LogP contribution is 2.55. The molecule has 2 aliphatic rings. The Morgan fingerprint density at radius 2 is 0.597 bits per heavy atom. The number of hydrogen-bond acceptors (Lipinski definition) is 0. The van der Waals surface area contributed by atoms with Crippen LogP contribution in [-0.4, -0.2) is 0 Å². The van der Waals surface area contributed by atoms with Gasteiger partial charge in [-0.15, -0.1) is 0 Å². The molecule has 0 radical (unpaired) electrons. The molecule has 0 amide bonds. The molecule has 0 spiro atoms. The summed E-state index contributed by atoms with van der Waals surface area (Å²) in [5.41, 5.74) is 23.2. The molecular formula is C62H46. The first kappa shape index (κ1) is 36.6. The van der Waals surface area contributed by atoms with E-state index in [2.05, 4.69) is 234 Å². The lowest BCUT2D eigenvalue weighted by atomic mass is 9.78. The SMILES string of the molecule is CC1(C)c2ccccc2-c2ccc(-c3ccc4c(c3)C(C)(C)c3cc(-c5c6cccc(-c7ccccc7)c6c(-c6ccccc6)c6cccc(-c7ccccc7)c56)ccc3-4)cc21. The van der Waals surface area contributed by atoms with E-state index in [1.165, 1.54) is 122 Å². The summed E-state index contributed by atoms with van der Waals surface area (Å²) in [4.78, 5) is 0. The highest BCUT2D eigenvalue weighted by atomic mass is 14.4. The summed E-state index contributed by atoms with van der Waals surface area (Å²) < 4.78 is 0. The van der Waals surface area contributed by atoms with Crippen molar-refractivity contribution >= 4 is 21.5 Å². The van der Waals surface area contributed by atoms with E-state index in [1.54, 1.807) is 0 Å². The summed E-state index contributed by atoms with van der Waals surface area (Å²) in [6, 6.07) is 77.3. The molecule has 0 atom stereocenters. The van der Waals surface area contributed by atoms with Gasteiger partial charge in [-0.2, -0.15) is 0 Å². The third-order valence-electron chi connectivity index (χ3n) is 14.3. The summed E-state index contributed by atoms with van der Waals surface area (Å²) in [5, 5.41) is 5.09. The third-order valence-corrected chi connectivity index (χ3v) is 14.3. The van der Waals surface area contributed by atoms with Gasteiger partial charge in [-0.1, -0.05) is 216 Å². The van der Waals surface area contributed by atoms with E-state index in [9.17, 15) is 0 Å². The second-order valence-electron chi connectivity index (χ2n) is 18.4. The molecule has 0 aromatic heterocycles. The molecule has 10 aromatic rings. The molecule has 0 nitrogen and oxygen atoms in total. The van der Waals surface area contributed by atoms with Gasteiger partial charge in [0, 0.05) is 10.8 Å². The van der Waals surface area contributed by atoms with Gasteiger partial charge < -0.3 is 0 Å². The van der Waals surface area contributed by atoms with E-state index in [4.69, 9.17) is 0 Å². The zero-order chi connectivity index (χ0) is 41.7. The Labute approximate surface area is 364 Å². The minimum absolute atomic E-state index is 0.0412. The summed E-state index contributed by atoms with van der Waals surface area (Å²) >= 11 is 0. The van der Waals surface area contributed by atoms with Crippen LogP contribution in [0.4, 0.5) is 0 Å². The molecule has 10 aromatic carbocycles. The molecule has 0 fully saturated rings. The van der Waals surface area contributed by atoms with Crippen molar-refractivity contribution in [3.05, 3.63) is 229 Å². The largest absolute Gasteiger partial charge is 0.0622 e. The van der Waals surface area contributed by atoms with Crippen molar-refractivity contribution in [3.8, 4) is 77.9 Å². The molecule has 0 saturated carbocycles. The van der Waals surface area contributed by atoms with Gasteiger partial charge in [0.25, 0.3) is 0 Å². The van der Waals surface area contributed by atoms with Crippen LogP contribution >= 0.6 is 0 Å². The number of rotatable bonds is 5. The molecular weight excluding hydrogens is 745 g/mol. The predicted octanol–water partition coefficient (Wildman–Crippen LogP) is 16.9. The average Bonchev–Trinajstić information content (AvgIpc) is 3.69. The van der Waals surface area contributed by atoms with Gasteiger partial charge in [-0.05, 0) is 140 Å². The lowest BCUT2D eigenvalue weighted by Crippen LogP contribution is -2.15. The zero-order valence-corrected chi connectivity index (χ0v) is 35.6. The van der Waals surface area contributed by atoms with Crippen molar-refractivity contribution in [3.63, 3.8) is 0 Å². The first-order chi connectivity index (χ1) is 30.3. The van der Waals surface area contributed by atoms with Crippen molar-refractivity contribution in [1.82, 2.24) is 0 Å². The maximum Gasteiger partial charge on any atom is 0.0159 e. The Hall–Kier alpha value is -7.28. The minimum Gasteiger partial charge on any atom is -0.0622 e. The fourth-order valence-electron chi connectivity index (χ4n) is 11.2. The first-order valence-electron chi connectivity index (χ1n) is 22.0. The topological polar surface area (TPSA) is 0 Å². The van der Waals surface area contributed by atoms with Crippen molar-refractivity contribution < 1.29 is 0 Å². The Balaban J connectivity index is 1.08. The quantitative estimate of drug-likeness (QED) is 0.152. The Morgan fingerprint density at radius 3 is 1.10 bits per heavy atom. The number of hydrogen-bond donors (Lipinski definition) is 0. The second kappa shape index (κ2) is 13.6. The van der Waals surface area contributed by atoms with E-state index in [0.717, 1.165) is 0 Å². The van der Waals surface area contributed by atoms with E-state index >= 15 is 0 Å². The highest BCUT2D eigenvalue weighted by Gasteiger charge is 2.38. The predicted molar refractivity (Wildman–Crippen MR) is 264 cm³/mol. The van der Waals surface area contributed by atoms with Crippen LogP contribution in [0.5, 0.6) is 0 Å². The van der Waals surface area contributed by atoms with Crippen LogP contribution in [0.3, 0.4) is 0 Å². The van der Waals surface area contributed by atoms with Gasteiger partial charge >= 0.3 is 0 Å². The van der Waals surface area contributed by atoms with E-state index in [-0.39, 0.29) is 10.8 Å².